The molecule has 193 valence electrons. The van der Waals surface area contributed by atoms with Gasteiger partial charge in [0.1, 0.15) is 11.0 Å². The Labute approximate surface area is 198 Å². The number of hydrogen-bond donors (Lipinski definition) is 3. The van der Waals surface area contributed by atoms with Gasteiger partial charge < -0.3 is 20.1 Å². The average Bonchev–Trinajstić information content (AvgIpc) is 2.65. The number of hydrogen-bond acceptors (Lipinski definition) is 8. The van der Waals surface area contributed by atoms with E-state index in [4.69, 9.17) is 9.57 Å². The predicted molar refractivity (Wildman–Crippen MR) is 122 cm³/mol. The number of carbonyl (C=O) groups excluding carboxylic acids is 1. The summed E-state index contributed by atoms with van der Waals surface area (Å²) in [5.74, 6) is -2.93. The van der Waals surface area contributed by atoms with Crippen LogP contribution in [0, 0.1) is 5.41 Å². The Kier molecular flexibility index (Phi) is 7.76. The summed E-state index contributed by atoms with van der Waals surface area (Å²) in [6, 6.07) is 0. The van der Waals surface area contributed by atoms with Crippen molar-refractivity contribution in [2.24, 2.45) is 5.41 Å². The molecule has 0 amide bonds. The van der Waals surface area contributed by atoms with Crippen molar-refractivity contribution in [2.45, 2.75) is 128 Å². The van der Waals surface area contributed by atoms with Gasteiger partial charge in [-0.2, -0.15) is 5.06 Å². The zero-order valence-electron chi connectivity index (χ0n) is 21.9. The fraction of sp³-hybridized carbons (Fsp3) is 0.958. The van der Waals surface area contributed by atoms with Gasteiger partial charge in [0.05, 0.1) is 12.7 Å². The lowest BCUT2D eigenvalue weighted by molar-refractivity contribution is -0.489. The van der Waals surface area contributed by atoms with Crippen LogP contribution in [0.2, 0.25) is 0 Å². The first-order valence-corrected chi connectivity index (χ1v) is 12.0. The Bertz CT molecular complexity index is 706. The molecular formula is C24H45N2O7. The molecule has 0 bridgehead atoms. The molecule has 0 spiro atoms. The fourth-order valence-electron chi connectivity index (χ4n) is 6.42. The molecule has 3 N–H and O–H groups in total. The number of piperidine rings is 2. The Morgan fingerprint density at radius 1 is 1.00 bits per heavy atom. The molecule has 2 unspecified atom stereocenters. The molecule has 1 radical (unpaired) electrons. The van der Waals surface area contributed by atoms with E-state index in [0.717, 1.165) is 5.06 Å². The average molecular weight is 474 g/mol. The smallest absolute Gasteiger partial charge is 0.317 e. The van der Waals surface area contributed by atoms with Gasteiger partial charge in [0.15, 0.2) is 0 Å². The van der Waals surface area contributed by atoms with Crippen LogP contribution in [0.25, 0.3) is 0 Å². The molecule has 33 heavy (non-hydrogen) atoms. The molecule has 0 aliphatic carbocycles. The summed E-state index contributed by atoms with van der Waals surface area (Å²) in [7, 11) is 0. The largest absolute Gasteiger partial charge is 0.465 e. The first kappa shape index (κ1) is 28.4. The summed E-state index contributed by atoms with van der Waals surface area (Å²) in [6.45, 7) is 15.8. The molecular weight excluding hydrogens is 428 g/mol. The standard InChI is InChI=1S/C24H45N2O7/c1-10-32-18(29)23(12-11-13-27)16-21(6,7)25(31)22(8,9)24(23,30)33-26-19(2,3)14-17(28)15-20(26,4)5/h17,27-28,30H,10-16H2,1-9H3. The predicted octanol–water partition coefficient (Wildman–Crippen LogP) is 2.55. The van der Waals surface area contributed by atoms with Gasteiger partial charge in [-0.05, 0) is 94.4 Å². The summed E-state index contributed by atoms with van der Waals surface area (Å²) in [5, 5.41) is 48.6. The first-order valence-electron chi connectivity index (χ1n) is 12.0. The molecule has 2 saturated heterocycles. The second kappa shape index (κ2) is 9.00. The minimum atomic E-state index is -2.28. The van der Waals surface area contributed by atoms with Gasteiger partial charge in [-0.1, -0.05) is 0 Å². The Hall–Kier alpha value is -0.810. The van der Waals surface area contributed by atoms with Crippen LogP contribution in [0.5, 0.6) is 0 Å². The third kappa shape index (κ3) is 4.58. The number of esters is 1. The lowest BCUT2D eigenvalue weighted by atomic mass is 9.58. The van der Waals surface area contributed by atoms with E-state index in [2.05, 4.69) is 0 Å². The zero-order valence-corrected chi connectivity index (χ0v) is 21.9. The third-order valence-corrected chi connectivity index (χ3v) is 7.49. The highest BCUT2D eigenvalue weighted by atomic mass is 16.8. The minimum Gasteiger partial charge on any atom is -0.465 e. The van der Waals surface area contributed by atoms with E-state index in [1.807, 2.05) is 27.7 Å². The normalized spacial score (nSPS) is 34.2. The van der Waals surface area contributed by atoms with Crippen molar-refractivity contribution >= 4 is 5.97 Å². The number of aliphatic hydroxyl groups is 3. The van der Waals surface area contributed by atoms with Gasteiger partial charge in [0, 0.05) is 23.2 Å². The van der Waals surface area contributed by atoms with Crippen LogP contribution in [0.4, 0.5) is 0 Å². The molecule has 2 rings (SSSR count). The van der Waals surface area contributed by atoms with E-state index in [1.54, 1.807) is 39.7 Å². The van der Waals surface area contributed by atoms with Crippen molar-refractivity contribution in [3.05, 3.63) is 0 Å². The minimum absolute atomic E-state index is 0.0143. The third-order valence-electron chi connectivity index (χ3n) is 7.49. The number of ether oxygens (including phenoxy) is 1. The Balaban J connectivity index is 2.76. The van der Waals surface area contributed by atoms with Gasteiger partial charge in [0.2, 0.25) is 5.79 Å². The number of aliphatic hydroxyl groups excluding tert-OH is 2. The van der Waals surface area contributed by atoms with E-state index in [-0.39, 0.29) is 32.5 Å². The van der Waals surface area contributed by atoms with Crippen molar-refractivity contribution in [3.8, 4) is 0 Å². The quantitative estimate of drug-likeness (QED) is 0.381. The molecule has 9 nitrogen and oxygen atoms in total. The fourth-order valence-corrected chi connectivity index (χ4v) is 6.42. The summed E-state index contributed by atoms with van der Waals surface area (Å²) in [4.78, 5) is 20.1. The molecule has 0 aromatic rings. The van der Waals surface area contributed by atoms with Crippen molar-refractivity contribution in [2.75, 3.05) is 13.2 Å². The van der Waals surface area contributed by atoms with Gasteiger partial charge in [-0.25, -0.2) is 0 Å². The molecule has 2 aliphatic heterocycles. The molecule has 2 heterocycles. The molecule has 0 aromatic heterocycles. The number of carbonyl (C=O) groups is 1. The van der Waals surface area contributed by atoms with Gasteiger partial charge in [-0.15, -0.1) is 10.3 Å². The maximum atomic E-state index is 13.6. The van der Waals surface area contributed by atoms with E-state index >= 15 is 0 Å². The van der Waals surface area contributed by atoms with Crippen molar-refractivity contribution < 1.29 is 34.9 Å². The second-order valence-electron chi connectivity index (χ2n) is 12.2. The van der Waals surface area contributed by atoms with Crippen molar-refractivity contribution in [1.82, 2.24) is 10.1 Å². The summed E-state index contributed by atoms with van der Waals surface area (Å²) < 4.78 is 5.47. The van der Waals surface area contributed by atoms with E-state index < -0.39 is 45.4 Å². The maximum Gasteiger partial charge on any atom is 0.317 e. The highest BCUT2D eigenvalue weighted by molar-refractivity contribution is 5.79. The summed E-state index contributed by atoms with van der Waals surface area (Å²) in [5.41, 5.74) is -5.58. The highest BCUT2D eigenvalue weighted by Gasteiger charge is 2.74. The first-order chi connectivity index (χ1) is 14.8. The van der Waals surface area contributed by atoms with Crippen LogP contribution < -0.4 is 0 Å². The Morgan fingerprint density at radius 2 is 1.52 bits per heavy atom. The van der Waals surface area contributed by atoms with Gasteiger partial charge >= 0.3 is 5.97 Å². The lowest BCUT2D eigenvalue weighted by Gasteiger charge is -2.65. The second-order valence-corrected chi connectivity index (χ2v) is 12.2. The van der Waals surface area contributed by atoms with Gasteiger partial charge in [0.25, 0.3) is 0 Å². The molecule has 2 fully saturated rings. The van der Waals surface area contributed by atoms with E-state index in [9.17, 15) is 25.3 Å². The van der Waals surface area contributed by atoms with E-state index in [1.165, 1.54) is 0 Å². The topological polar surface area (TPSA) is 123 Å². The number of rotatable bonds is 7. The van der Waals surface area contributed by atoms with Crippen molar-refractivity contribution in [3.63, 3.8) is 0 Å². The van der Waals surface area contributed by atoms with Crippen LogP contribution in [-0.4, -0.2) is 78.7 Å². The highest BCUT2D eigenvalue weighted by Crippen LogP contribution is 2.59. The molecule has 9 heteroatoms. The molecule has 2 aliphatic rings. The monoisotopic (exact) mass is 473 g/mol. The zero-order chi connectivity index (χ0) is 25.7. The number of hydroxylamine groups is 4. The Morgan fingerprint density at radius 3 is 1.97 bits per heavy atom. The summed E-state index contributed by atoms with van der Waals surface area (Å²) in [6.07, 6.45) is 0.519. The van der Waals surface area contributed by atoms with Crippen molar-refractivity contribution in [1.29, 1.82) is 0 Å². The van der Waals surface area contributed by atoms with Gasteiger partial charge in [-0.3, -0.25) is 9.63 Å². The van der Waals surface area contributed by atoms with E-state index in [0.29, 0.717) is 12.8 Å². The van der Waals surface area contributed by atoms with Crippen LogP contribution in [-0.2, 0) is 19.6 Å². The molecule has 0 aromatic carbocycles. The van der Waals surface area contributed by atoms with Crippen LogP contribution in [0.1, 0.15) is 94.4 Å². The lowest BCUT2D eigenvalue weighted by Crippen LogP contribution is -2.81. The number of nitrogens with zero attached hydrogens (tertiary/aromatic N) is 2. The van der Waals surface area contributed by atoms with Crippen LogP contribution in [0.3, 0.4) is 0 Å². The molecule has 0 saturated carbocycles. The van der Waals surface area contributed by atoms with Crippen LogP contribution in [0.15, 0.2) is 0 Å². The SMILES string of the molecule is CCOC(=O)C1(CCCO)CC(C)(C)N([O])C(C)(C)C1(O)ON1C(C)(C)CC(O)CC1(C)C. The summed E-state index contributed by atoms with van der Waals surface area (Å²) >= 11 is 0. The van der Waals surface area contributed by atoms with Crippen LogP contribution >= 0.6 is 0 Å². The molecule has 2 atom stereocenters. The maximum absolute atomic E-state index is 13.6.